The number of carbonyl (C=O) groups is 4. The first-order valence-electron chi connectivity index (χ1n) is 8.99. The van der Waals surface area contributed by atoms with E-state index in [0.717, 1.165) is 13.8 Å². The van der Waals surface area contributed by atoms with Gasteiger partial charge in [0.15, 0.2) is 12.2 Å². The van der Waals surface area contributed by atoms with Crippen molar-refractivity contribution in [2.45, 2.75) is 90.4 Å². The minimum Gasteiger partial charge on any atom is -0.460 e. The van der Waals surface area contributed by atoms with Gasteiger partial charge in [0.2, 0.25) is 0 Å². The molecule has 5 atom stereocenters. The van der Waals surface area contributed by atoms with E-state index in [9.17, 15) is 24.3 Å². The Morgan fingerprint density at radius 1 is 0.857 bits per heavy atom. The monoisotopic (exact) mass is 403 g/mol. The number of hydrogen-bond donors (Lipinski definition) is 2. The van der Waals surface area contributed by atoms with Gasteiger partial charge in [-0.1, -0.05) is 0 Å². The van der Waals surface area contributed by atoms with E-state index < -0.39 is 60.1 Å². The van der Waals surface area contributed by atoms with Gasteiger partial charge in [0.05, 0.1) is 6.04 Å². The van der Waals surface area contributed by atoms with Gasteiger partial charge < -0.3 is 29.4 Å². The number of ether oxygens (including phenoxy) is 4. The Balaban J connectivity index is 3.19. The molecule has 0 aromatic heterocycles. The molecule has 1 rings (SSSR count). The lowest BCUT2D eigenvalue weighted by atomic mass is 10.0. The maximum atomic E-state index is 12.2. The highest BCUT2D eigenvalue weighted by Gasteiger charge is 2.47. The lowest BCUT2D eigenvalue weighted by molar-refractivity contribution is -0.185. The molecule has 10 heteroatoms. The average Bonchev–Trinajstić information content (AvgIpc) is 2.58. The zero-order valence-electron chi connectivity index (χ0n) is 17.0. The van der Waals surface area contributed by atoms with Gasteiger partial charge in [0, 0.05) is 20.8 Å². The molecule has 10 nitrogen and oxygen atoms in total. The van der Waals surface area contributed by atoms with Gasteiger partial charge in [-0.2, -0.15) is 0 Å². The summed E-state index contributed by atoms with van der Waals surface area (Å²) in [5.41, 5.74) is -0.763. The summed E-state index contributed by atoms with van der Waals surface area (Å²) in [4.78, 5) is 46.7. The van der Waals surface area contributed by atoms with Gasteiger partial charge >= 0.3 is 24.0 Å². The van der Waals surface area contributed by atoms with Crippen LogP contribution in [-0.2, 0) is 33.3 Å². The lowest BCUT2D eigenvalue weighted by Crippen LogP contribution is -2.55. The third-order valence-electron chi connectivity index (χ3n) is 3.82. The first-order chi connectivity index (χ1) is 12.8. The zero-order chi connectivity index (χ0) is 21.6. The van der Waals surface area contributed by atoms with E-state index in [-0.39, 0.29) is 12.8 Å². The SMILES string of the molecule is CC(=O)O[C@H]1[C@H](O)[C@H](OC(C)=O)CC[C@H](NC(=O)OC(C)(C)C)[C@H]1OC(C)=O. The summed E-state index contributed by atoms with van der Waals surface area (Å²) >= 11 is 0. The summed E-state index contributed by atoms with van der Waals surface area (Å²) in [5, 5.41) is 13.2. The number of rotatable bonds is 4. The van der Waals surface area contributed by atoms with Crippen LogP contribution in [0.4, 0.5) is 4.79 Å². The summed E-state index contributed by atoms with van der Waals surface area (Å²) in [5.74, 6) is -2.06. The maximum Gasteiger partial charge on any atom is 0.408 e. The van der Waals surface area contributed by atoms with Crippen LogP contribution in [0.2, 0.25) is 0 Å². The van der Waals surface area contributed by atoms with Crippen LogP contribution in [0.3, 0.4) is 0 Å². The first kappa shape index (κ1) is 23.7. The summed E-state index contributed by atoms with van der Waals surface area (Å²) in [6.45, 7) is 8.51. The fraction of sp³-hybridized carbons (Fsp3) is 0.778. The molecule has 1 fully saturated rings. The Morgan fingerprint density at radius 3 is 1.82 bits per heavy atom. The molecule has 0 unspecified atom stereocenters. The van der Waals surface area contributed by atoms with Crippen molar-refractivity contribution >= 4 is 24.0 Å². The van der Waals surface area contributed by atoms with Gasteiger partial charge in [-0.05, 0) is 33.6 Å². The molecule has 0 saturated heterocycles. The molecule has 0 aromatic rings. The highest BCUT2D eigenvalue weighted by atomic mass is 16.6. The number of esters is 3. The van der Waals surface area contributed by atoms with Crippen LogP contribution in [0.15, 0.2) is 0 Å². The second-order valence-corrected chi connectivity index (χ2v) is 7.62. The molecule has 0 bridgehead atoms. The smallest absolute Gasteiger partial charge is 0.408 e. The predicted molar refractivity (Wildman–Crippen MR) is 95.1 cm³/mol. The standard InChI is InChI=1S/C18H29NO9/c1-9(20)25-13-8-7-12(19-17(24)28-18(4,5)6)15(26-10(2)21)16(14(13)23)27-11(3)22/h12-16,23H,7-8H2,1-6H3,(H,19,24)/t12-,13+,14+,15+,16-/m0/s1. The Hall–Kier alpha value is -2.36. The lowest BCUT2D eigenvalue weighted by Gasteiger charge is -2.33. The van der Waals surface area contributed by atoms with E-state index in [1.54, 1.807) is 20.8 Å². The molecule has 0 aromatic carbocycles. The second-order valence-electron chi connectivity index (χ2n) is 7.62. The molecule has 1 amide bonds. The van der Waals surface area contributed by atoms with Gasteiger partial charge in [0.1, 0.15) is 17.8 Å². The van der Waals surface area contributed by atoms with E-state index in [4.69, 9.17) is 18.9 Å². The summed E-state index contributed by atoms with van der Waals surface area (Å²) < 4.78 is 20.8. The molecule has 0 spiro atoms. The molecule has 2 N–H and O–H groups in total. The van der Waals surface area contributed by atoms with Crippen molar-refractivity contribution in [3.63, 3.8) is 0 Å². The minimum atomic E-state index is -1.46. The maximum absolute atomic E-state index is 12.2. The van der Waals surface area contributed by atoms with E-state index in [0.29, 0.717) is 0 Å². The Kier molecular flexibility index (Phi) is 8.22. The number of aliphatic hydroxyl groups is 1. The Labute approximate surface area is 163 Å². The number of nitrogens with one attached hydrogen (secondary N) is 1. The first-order valence-corrected chi connectivity index (χ1v) is 8.99. The number of amides is 1. The van der Waals surface area contributed by atoms with Gasteiger partial charge in [0.25, 0.3) is 0 Å². The van der Waals surface area contributed by atoms with Crippen LogP contribution in [0.1, 0.15) is 54.4 Å². The van der Waals surface area contributed by atoms with Crippen LogP contribution >= 0.6 is 0 Å². The Morgan fingerprint density at radius 2 is 1.36 bits per heavy atom. The molecule has 1 aliphatic carbocycles. The van der Waals surface area contributed by atoms with Crippen molar-refractivity contribution in [3.8, 4) is 0 Å². The average molecular weight is 403 g/mol. The predicted octanol–water partition coefficient (Wildman–Crippen LogP) is 0.829. The van der Waals surface area contributed by atoms with E-state index >= 15 is 0 Å². The van der Waals surface area contributed by atoms with Crippen molar-refractivity contribution in [1.82, 2.24) is 5.32 Å². The normalized spacial score (nSPS) is 27.8. The van der Waals surface area contributed by atoms with E-state index in [1.165, 1.54) is 6.92 Å². The minimum absolute atomic E-state index is 0.136. The van der Waals surface area contributed by atoms with Crippen molar-refractivity contribution in [2.75, 3.05) is 0 Å². The highest BCUT2D eigenvalue weighted by Crippen LogP contribution is 2.27. The van der Waals surface area contributed by atoms with Crippen LogP contribution in [0, 0.1) is 0 Å². The number of hydrogen-bond acceptors (Lipinski definition) is 9. The topological polar surface area (TPSA) is 137 Å². The number of aliphatic hydroxyl groups excluding tert-OH is 1. The highest BCUT2D eigenvalue weighted by molar-refractivity contribution is 5.69. The van der Waals surface area contributed by atoms with E-state index in [1.807, 2.05) is 0 Å². The van der Waals surface area contributed by atoms with Crippen LogP contribution in [0.5, 0.6) is 0 Å². The fourth-order valence-electron chi connectivity index (χ4n) is 2.94. The molecule has 1 aliphatic rings. The van der Waals surface area contributed by atoms with Crippen molar-refractivity contribution in [2.24, 2.45) is 0 Å². The largest absolute Gasteiger partial charge is 0.460 e. The molecule has 0 aliphatic heterocycles. The van der Waals surface area contributed by atoms with Crippen LogP contribution in [0.25, 0.3) is 0 Å². The number of alkyl carbamates (subject to hydrolysis) is 1. The van der Waals surface area contributed by atoms with E-state index in [2.05, 4.69) is 5.32 Å². The summed E-state index contributed by atoms with van der Waals surface area (Å²) in [7, 11) is 0. The molecule has 1 saturated carbocycles. The molecule has 0 heterocycles. The van der Waals surface area contributed by atoms with Gasteiger partial charge in [-0.15, -0.1) is 0 Å². The van der Waals surface area contributed by atoms with Crippen molar-refractivity contribution in [3.05, 3.63) is 0 Å². The Bertz CT molecular complexity index is 598. The number of carbonyl (C=O) groups excluding carboxylic acids is 4. The van der Waals surface area contributed by atoms with Gasteiger partial charge in [-0.3, -0.25) is 14.4 Å². The summed E-state index contributed by atoms with van der Waals surface area (Å²) in [6.07, 6.45) is -5.48. The van der Waals surface area contributed by atoms with Crippen LogP contribution < -0.4 is 5.32 Å². The van der Waals surface area contributed by atoms with Gasteiger partial charge in [-0.25, -0.2) is 4.79 Å². The third kappa shape index (κ3) is 7.71. The van der Waals surface area contributed by atoms with Crippen molar-refractivity contribution < 1.29 is 43.2 Å². The quantitative estimate of drug-likeness (QED) is 0.397. The molecule has 0 radical (unpaired) electrons. The zero-order valence-corrected chi connectivity index (χ0v) is 17.0. The fourth-order valence-corrected chi connectivity index (χ4v) is 2.94. The molecular weight excluding hydrogens is 374 g/mol. The third-order valence-corrected chi connectivity index (χ3v) is 3.82. The molecular formula is C18H29NO9. The second kappa shape index (κ2) is 9.72. The van der Waals surface area contributed by atoms with Crippen LogP contribution in [-0.4, -0.2) is 65.2 Å². The molecule has 28 heavy (non-hydrogen) atoms. The molecule has 160 valence electrons. The van der Waals surface area contributed by atoms with Crippen molar-refractivity contribution in [1.29, 1.82) is 0 Å². The summed E-state index contributed by atoms with van der Waals surface area (Å²) in [6, 6.07) is -0.849.